The largest absolute Gasteiger partial charge is 0.497 e. The molecule has 0 bridgehead atoms. The first kappa shape index (κ1) is 36.3. The van der Waals surface area contributed by atoms with Gasteiger partial charge in [0.15, 0.2) is 0 Å². The highest BCUT2D eigenvalue weighted by Gasteiger charge is 2.67. The molecule has 278 valence electrons. The first-order valence-electron chi connectivity index (χ1n) is 19.9. The van der Waals surface area contributed by atoms with Gasteiger partial charge in [0, 0.05) is 24.7 Å². The van der Waals surface area contributed by atoms with Crippen molar-refractivity contribution < 1.29 is 24.2 Å². The van der Waals surface area contributed by atoms with E-state index in [-0.39, 0.29) is 34.2 Å². The molecule has 2 aromatic carbocycles. The number of aliphatic hydroxyl groups is 1. The Morgan fingerprint density at radius 1 is 0.765 bits per heavy atom. The van der Waals surface area contributed by atoms with Gasteiger partial charge in [-0.2, -0.15) is 0 Å². The molecule has 2 aromatic rings. The van der Waals surface area contributed by atoms with Crippen LogP contribution in [0.5, 0.6) is 11.5 Å². The van der Waals surface area contributed by atoms with Gasteiger partial charge in [-0.3, -0.25) is 9.59 Å². The van der Waals surface area contributed by atoms with Crippen molar-refractivity contribution in [2.24, 2.45) is 51.2 Å². The van der Waals surface area contributed by atoms with Crippen LogP contribution in [0.3, 0.4) is 0 Å². The van der Waals surface area contributed by atoms with Gasteiger partial charge in [0.1, 0.15) is 11.5 Å². The Labute approximate surface area is 306 Å². The summed E-state index contributed by atoms with van der Waals surface area (Å²) in [5.74, 6) is 4.63. The molecule has 7 heteroatoms. The van der Waals surface area contributed by atoms with Gasteiger partial charge in [0.25, 0.3) is 5.91 Å². The summed E-state index contributed by atoms with van der Waals surface area (Å²) < 4.78 is 10.8. The van der Waals surface area contributed by atoms with Crippen LogP contribution in [0.1, 0.15) is 120 Å². The van der Waals surface area contributed by atoms with E-state index in [0.717, 1.165) is 61.2 Å². The number of fused-ring (bicyclic) bond motifs is 7. The summed E-state index contributed by atoms with van der Waals surface area (Å²) in [7, 11) is 3.26. The molecule has 2 amide bonds. The Kier molecular flexibility index (Phi) is 9.77. The highest BCUT2D eigenvalue weighted by molar-refractivity contribution is 5.94. The van der Waals surface area contributed by atoms with Crippen molar-refractivity contribution in [3.8, 4) is 11.5 Å². The number of ether oxygens (including phenoxy) is 2. The Bertz CT molecular complexity index is 1600. The second-order valence-corrected chi connectivity index (χ2v) is 18.2. The molecule has 0 radical (unpaired) electrons. The molecule has 0 saturated heterocycles. The number of amides is 2. The third kappa shape index (κ3) is 6.17. The topological polar surface area (TPSA) is 96.9 Å². The van der Waals surface area contributed by atoms with E-state index in [0.29, 0.717) is 60.1 Å². The van der Waals surface area contributed by atoms with Crippen LogP contribution in [0.4, 0.5) is 0 Å². The van der Waals surface area contributed by atoms with Crippen molar-refractivity contribution in [1.29, 1.82) is 0 Å². The number of carbonyl (C=O) groups excluding carboxylic acids is 2. The summed E-state index contributed by atoms with van der Waals surface area (Å²) in [6.07, 6.45) is 13.0. The number of hydrogen-bond donors (Lipinski definition) is 3. The molecule has 9 unspecified atom stereocenters. The van der Waals surface area contributed by atoms with Crippen molar-refractivity contribution in [2.75, 3.05) is 20.8 Å². The molecule has 5 fully saturated rings. The molecule has 7 rings (SSSR count). The number of benzene rings is 2. The number of rotatable bonds is 9. The van der Waals surface area contributed by atoms with E-state index in [1.807, 2.05) is 42.5 Å². The summed E-state index contributed by atoms with van der Waals surface area (Å²) in [6.45, 7) is 10.8. The average Bonchev–Trinajstić information content (AvgIpc) is 3.58. The van der Waals surface area contributed by atoms with E-state index in [4.69, 9.17) is 9.47 Å². The smallest absolute Gasteiger partial charge is 0.251 e. The maximum Gasteiger partial charge on any atom is 0.251 e. The fourth-order valence-corrected chi connectivity index (χ4v) is 13.2. The van der Waals surface area contributed by atoms with E-state index in [1.54, 1.807) is 14.2 Å². The molecule has 5 aliphatic rings. The lowest BCUT2D eigenvalue weighted by Crippen LogP contribution is -2.63. The van der Waals surface area contributed by atoms with E-state index in [9.17, 15) is 14.7 Å². The minimum Gasteiger partial charge on any atom is -0.497 e. The third-order valence-corrected chi connectivity index (χ3v) is 15.7. The van der Waals surface area contributed by atoms with Crippen molar-refractivity contribution in [3.63, 3.8) is 0 Å². The van der Waals surface area contributed by atoms with Crippen LogP contribution in [-0.4, -0.2) is 43.8 Å². The first-order valence-corrected chi connectivity index (χ1v) is 19.9. The van der Waals surface area contributed by atoms with Gasteiger partial charge in [-0.05, 0) is 152 Å². The van der Waals surface area contributed by atoms with Crippen molar-refractivity contribution in [3.05, 3.63) is 59.2 Å². The van der Waals surface area contributed by atoms with Gasteiger partial charge in [-0.15, -0.1) is 0 Å². The Morgan fingerprint density at radius 2 is 1.51 bits per heavy atom. The van der Waals surface area contributed by atoms with Crippen LogP contribution in [0.15, 0.2) is 42.5 Å². The highest BCUT2D eigenvalue weighted by atomic mass is 16.5. The van der Waals surface area contributed by atoms with Crippen molar-refractivity contribution >= 4 is 11.8 Å². The van der Waals surface area contributed by atoms with E-state index in [2.05, 4.69) is 38.3 Å². The quantitative estimate of drug-likeness (QED) is 0.246. The molecule has 0 spiro atoms. The molecule has 9 atom stereocenters. The molecule has 3 N–H and O–H groups in total. The molecule has 5 saturated carbocycles. The van der Waals surface area contributed by atoms with Gasteiger partial charge >= 0.3 is 0 Å². The zero-order chi connectivity index (χ0) is 36.2. The second-order valence-electron chi connectivity index (χ2n) is 18.2. The molecule has 0 aliphatic heterocycles. The average molecular weight is 699 g/mol. The number of aliphatic hydroxyl groups excluding tert-OH is 1. The normalized spacial score (nSPS) is 36.5. The molecule has 5 aliphatic carbocycles. The number of carbonyl (C=O) groups is 2. The summed E-state index contributed by atoms with van der Waals surface area (Å²) in [5, 5.41) is 17.4. The summed E-state index contributed by atoms with van der Waals surface area (Å²) >= 11 is 0. The van der Waals surface area contributed by atoms with Gasteiger partial charge in [-0.1, -0.05) is 46.2 Å². The van der Waals surface area contributed by atoms with Crippen LogP contribution in [-0.2, 0) is 17.8 Å². The summed E-state index contributed by atoms with van der Waals surface area (Å²) in [5.41, 5.74) is 2.90. The zero-order valence-electron chi connectivity index (χ0n) is 32.0. The predicted molar refractivity (Wildman–Crippen MR) is 201 cm³/mol. The lowest BCUT2D eigenvalue weighted by Gasteiger charge is -2.69. The fraction of sp³-hybridized carbons (Fsp3) is 0.682. The fourth-order valence-electron chi connectivity index (χ4n) is 13.2. The van der Waals surface area contributed by atoms with Crippen molar-refractivity contribution in [2.45, 2.75) is 117 Å². The van der Waals surface area contributed by atoms with E-state index >= 15 is 0 Å². The van der Waals surface area contributed by atoms with E-state index in [1.165, 1.54) is 32.1 Å². The molecule has 0 heterocycles. The second kappa shape index (κ2) is 13.7. The standard InChI is InChI=1S/C44H62N2O5/c1-41(2)36-15-19-42(3)34-14-21-44(18-8-11-35(44)33(34)12-13-37(42)43(36,4)20-16-38(41)47)40(49)46-27-29-9-7-10-30(23-29)39(48)45-22-17-28-24-31(50-5)26-32(25-28)51-6/h7,9-10,23-26,33-38,47H,8,11-22,27H2,1-6H3,(H,45,48)(H,46,49). The van der Waals surface area contributed by atoms with Gasteiger partial charge < -0.3 is 25.2 Å². The van der Waals surface area contributed by atoms with Crippen LogP contribution in [0, 0.1) is 51.2 Å². The SMILES string of the molecule is COc1cc(CCNC(=O)c2cccc(CNC(=O)C34CCCC3C3CCC5C(C)(CCC6C(C)(C)C(O)CCC65C)C3CC4)c2)cc(OC)c1. The highest BCUT2D eigenvalue weighted by Crippen LogP contribution is 2.73. The minimum absolute atomic E-state index is 0.0215. The lowest BCUT2D eigenvalue weighted by molar-refractivity contribution is -0.214. The van der Waals surface area contributed by atoms with Gasteiger partial charge in [0.2, 0.25) is 5.91 Å². The van der Waals surface area contributed by atoms with Crippen LogP contribution in [0.25, 0.3) is 0 Å². The molecule has 51 heavy (non-hydrogen) atoms. The van der Waals surface area contributed by atoms with Crippen LogP contribution < -0.4 is 20.1 Å². The maximum absolute atomic E-state index is 14.3. The monoisotopic (exact) mass is 698 g/mol. The predicted octanol–water partition coefficient (Wildman–Crippen LogP) is 8.12. The molecular formula is C44H62N2O5. The van der Waals surface area contributed by atoms with E-state index < -0.39 is 0 Å². The Balaban J connectivity index is 0.982. The van der Waals surface area contributed by atoms with Gasteiger partial charge in [-0.25, -0.2) is 0 Å². The van der Waals surface area contributed by atoms with Crippen LogP contribution in [0.2, 0.25) is 0 Å². The zero-order valence-corrected chi connectivity index (χ0v) is 32.0. The lowest BCUT2D eigenvalue weighted by atomic mass is 9.36. The number of methoxy groups -OCH3 is 2. The van der Waals surface area contributed by atoms with Crippen LogP contribution >= 0.6 is 0 Å². The number of nitrogens with one attached hydrogen (secondary N) is 2. The third-order valence-electron chi connectivity index (χ3n) is 15.7. The molecule has 7 nitrogen and oxygen atoms in total. The summed E-state index contributed by atoms with van der Waals surface area (Å²) in [6, 6.07) is 13.4. The Morgan fingerprint density at radius 3 is 2.25 bits per heavy atom. The molecule has 0 aromatic heterocycles. The first-order chi connectivity index (χ1) is 24.4. The summed E-state index contributed by atoms with van der Waals surface area (Å²) in [4.78, 5) is 27.4. The minimum atomic E-state index is -0.264. The number of hydrogen-bond acceptors (Lipinski definition) is 5. The van der Waals surface area contributed by atoms with Crippen molar-refractivity contribution in [1.82, 2.24) is 10.6 Å². The Hall–Kier alpha value is -3.06. The van der Waals surface area contributed by atoms with Gasteiger partial charge in [0.05, 0.1) is 25.7 Å². The molecular weight excluding hydrogens is 636 g/mol. The maximum atomic E-state index is 14.3.